The van der Waals surface area contributed by atoms with Crippen molar-refractivity contribution in [2.24, 2.45) is 0 Å². The molecular weight excluding hydrogens is 208 g/mol. The van der Waals surface area contributed by atoms with Crippen molar-refractivity contribution in [2.75, 3.05) is 6.54 Å². The van der Waals surface area contributed by atoms with Crippen molar-refractivity contribution in [3.63, 3.8) is 0 Å². The molecule has 1 heterocycles. The maximum atomic E-state index is 11.5. The Labute approximate surface area is 92.8 Å². The molecule has 84 valence electrons. The zero-order chi connectivity index (χ0) is 12.0. The molecule has 0 unspecified atom stereocenters. The largest absolute Gasteiger partial charge is 0.477 e. The van der Waals surface area contributed by atoms with Gasteiger partial charge in [-0.2, -0.15) is 0 Å². The Kier molecular flexibility index (Phi) is 4.20. The third kappa shape index (κ3) is 3.20. The summed E-state index contributed by atoms with van der Waals surface area (Å²) in [4.78, 5) is 25.8. The molecule has 0 atom stereocenters. The Morgan fingerprint density at radius 1 is 1.44 bits per heavy atom. The average Bonchev–Trinajstić information content (AvgIpc) is 2.29. The number of hydrogen-bond acceptors (Lipinski definition) is 3. The highest BCUT2D eigenvalue weighted by Crippen LogP contribution is 1.99. The topological polar surface area (TPSA) is 79.3 Å². The Morgan fingerprint density at radius 3 is 2.75 bits per heavy atom. The number of aromatic carboxylic acids is 1. The molecule has 0 saturated carbocycles. The van der Waals surface area contributed by atoms with Crippen molar-refractivity contribution in [3.8, 4) is 0 Å². The zero-order valence-electron chi connectivity index (χ0n) is 8.64. The van der Waals surface area contributed by atoms with E-state index in [1.807, 2.05) is 0 Å². The summed E-state index contributed by atoms with van der Waals surface area (Å²) in [7, 11) is 0. The predicted octanol–water partition coefficient (Wildman–Crippen LogP) is 1.09. The first-order chi connectivity index (χ1) is 7.65. The zero-order valence-corrected chi connectivity index (χ0v) is 8.64. The van der Waals surface area contributed by atoms with Gasteiger partial charge in [0.25, 0.3) is 5.91 Å². The maximum Gasteiger partial charge on any atom is 0.354 e. The van der Waals surface area contributed by atoms with Gasteiger partial charge in [-0.15, -0.1) is 6.58 Å². The highest BCUT2D eigenvalue weighted by molar-refractivity contribution is 5.94. The van der Waals surface area contributed by atoms with Gasteiger partial charge < -0.3 is 10.4 Å². The Morgan fingerprint density at radius 2 is 2.12 bits per heavy atom. The molecule has 5 nitrogen and oxygen atoms in total. The fourth-order valence-corrected chi connectivity index (χ4v) is 1.06. The van der Waals surface area contributed by atoms with Crippen LogP contribution in [0.3, 0.4) is 0 Å². The van der Waals surface area contributed by atoms with Gasteiger partial charge in [-0.05, 0) is 18.6 Å². The lowest BCUT2D eigenvalue weighted by Crippen LogP contribution is -2.25. The minimum atomic E-state index is -1.15. The lowest BCUT2D eigenvalue weighted by atomic mass is 10.3. The summed E-state index contributed by atoms with van der Waals surface area (Å²) in [5, 5.41) is 11.3. The van der Waals surface area contributed by atoms with Gasteiger partial charge >= 0.3 is 5.97 Å². The molecule has 1 rings (SSSR count). The van der Waals surface area contributed by atoms with Gasteiger partial charge in [0.15, 0.2) is 0 Å². The normalized spacial score (nSPS) is 9.50. The summed E-state index contributed by atoms with van der Waals surface area (Å²) in [6.07, 6.45) is 2.34. The quantitative estimate of drug-likeness (QED) is 0.575. The van der Waals surface area contributed by atoms with Crippen molar-refractivity contribution in [1.82, 2.24) is 10.3 Å². The van der Waals surface area contributed by atoms with E-state index >= 15 is 0 Å². The van der Waals surface area contributed by atoms with Crippen LogP contribution in [0.2, 0.25) is 0 Å². The fraction of sp³-hybridized carbons (Fsp3) is 0.182. The van der Waals surface area contributed by atoms with Crippen LogP contribution in [-0.4, -0.2) is 28.5 Å². The number of pyridine rings is 1. The number of rotatable bonds is 5. The Balaban J connectivity index is 2.71. The maximum absolute atomic E-state index is 11.5. The number of nitrogens with zero attached hydrogens (tertiary/aromatic N) is 1. The predicted molar refractivity (Wildman–Crippen MR) is 58.3 cm³/mol. The summed E-state index contributed by atoms with van der Waals surface area (Å²) < 4.78 is 0. The molecule has 0 aliphatic heterocycles. The van der Waals surface area contributed by atoms with Gasteiger partial charge in [0, 0.05) is 6.54 Å². The molecule has 0 bridgehead atoms. The van der Waals surface area contributed by atoms with Crippen LogP contribution in [0.5, 0.6) is 0 Å². The van der Waals surface area contributed by atoms with E-state index in [1.54, 1.807) is 6.08 Å². The summed E-state index contributed by atoms with van der Waals surface area (Å²) in [5.74, 6) is -1.54. The van der Waals surface area contributed by atoms with Crippen LogP contribution < -0.4 is 5.32 Å². The van der Waals surface area contributed by atoms with E-state index in [4.69, 9.17) is 5.11 Å². The summed E-state index contributed by atoms with van der Waals surface area (Å²) in [5.41, 5.74) is -0.0414. The van der Waals surface area contributed by atoms with Gasteiger partial charge in [0.1, 0.15) is 11.4 Å². The first-order valence-electron chi connectivity index (χ1n) is 4.74. The number of nitrogens with one attached hydrogen (secondary N) is 1. The summed E-state index contributed by atoms with van der Waals surface area (Å²) >= 11 is 0. The number of carboxylic acid groups (broad SMARTS) is 1. The van der Waals surface area contributed by atoms with E-state index in [-0.39, 0.29) is 17.3 Å². The molecule has 0 radical (unpaired) electrons. The van der Waals surface area contributed by atoms with Crippen LogP contribution in [0.25, 0.3) is 0 Å². The fourth-order valence-electron chi connectivity index (χ4n) is 1.06. The smallest absolute Gasteiger partial charge is 0.354 e. The van der Waals surface area contributed by atoms with Crippen molar-refractivity contribution in [3.05, 3.63) is 42.2 Å². The monoisotopic (exact) mass is 220 g/mol. The van der Waals surface area contributed by atoms with Gasteiger partial charge in [0.05, 0.1) is 0 Å². The molecule has 5 heteroatoms. The van der Waals surface area contributed by atoms with Crippen molar-refractivity contribution < 1.29 is 14.7 Å². The molecule has 0 aromatic carbocycles. The Bertz CT molecular complexity index is 415. The molecule has 2 N–H and O–H groups in total. The average molecular weight is 220 g/mol. The summed E-state index contributed by atoms with van der Waals surface area (Å²) in [6.45, 7) is 3.98. The van der Waals surface area contributed by atoms with E-state index in [9.17, 15) is 9.59 Å². The first kappa shape index (κ1) is 11.9. The van der Waals surface area contributed by atoms with Crippen LogP contribution in [0.15, 0.2) is 30.9 Å². The molecule has 0 fully saturated rings. The Hall–Kier alpha value is -2.17. The van der Waals surface area contributed by atoms with Crippen LogP contribution in [0.4, 0.5) is 0 Å². The van der Waals surface area contributed by atoms with E-state index in [0.29, 0.717) is 13.0 Å². The van der Waals surface area contributed by atoms with Crippen molar-refractivity contribution in [2.45, 2.75) is 6.42 Å². The number of amides is 1. The molecule has 1 aromatic heterocycles. The SMILES string of the molecule is C=CCCNC(=O)c1cccc(C(=O)O)n1. The molecule has 1 aromatic rings. The highest BCUT2D eigenvalue weighted by atomic mass is 16.4. The number of aromatic nitrogens is 1. The third-order valence-electron chi connectivity index (χ3n) is 1.83. The molecule has 1 amide bonds. The summed E-state index contributed by atoms with van der Waals surface area (Å²) in [6, 6.07) is 4.29. The minimum absolute atomic E-state index is 0.101. The van der Waals surface area contributed by atoms with Gasteiger partial charge in [0.2, 0.25) is 0 Å². The molecule has 0 aliphatic carbocycles. The van der Waals surface area contributed by atoms with Crippen molar-refractivity contribution >= 4 is 11.9 Å². The van der Waals surface area contributed by atoms with E-state index in [2.05, 4.69) is 16.9 Å². The number of hydrogen-bond donors (Lipinski definition) is 2. The molecule has 0 saturated heterocycles. The number of carbonyl (C=O) groups excluding carboxylic acids is 1. The molecule has 0 spiro atoms. The number of carbonyl (C=O) groups is 2. The van der Waals surface area contributed by atoms with E-state index in [1.165, 1.54) is 18.2 Å². The lowest BCUT2D eigenvalue weighted by Gasteiger charge is -2.03. The minimum Gasteiger partial charge on any atom is -0.477 e. The second-order valence-corrected chi connectivity index (χ2v) is 3.05. The van der Waals surface area contributed by atoms with Crippen molar-refractivity contribution in [1.29, 1.82) is 0 Å². The van der Waals surface area contributed by atoms with Crippen LogP contribution in [0, 0.1) is 0 Å². The number of carboxylic acids is 1. The second-order valence-electron chi connectivity index (χ2n) is 3.05. The molecule has 16 heavy (non-hydrogen) atoms. The van der Waals surface area contributed by atoms with E-state index in [0.717, 1.165) is 0 Å². The second kappa shape index (κ2) is 5.65. The lowest BCUT2D eigenvalue weighted by molar-refractivity contribution is 0.0690. The molecular formula is C11H12N2O3. The standard InChI is InChI=1S/C11H12N2O3/c1-2-3-7-12-10(14)8-5-4-6-9(13-8)11(15)16/h2,4-6H,1,3,7H2,(H,12,14)(H,15,16). The molecule has 0 aliphatic rings. The van der Waals surface area contributed by atoms with E-state index < -0.39 is 5.97 Å². The van der Waals surface area contributed by atoms with Crippen LogP contribution in [0.1, 0.15) is 27.4 Å². The highest BCUT2D eigenvalue weighted by Gasteiger charge is 2.10. The third-order valence-corrected chi connectivity index (χ3v) is 1.83. The first-order valence-corrected chi connectivity index (χ1v) is 4.74. The van der Waals surface area contributed by atoms with Gasteiger partial charge in [-0.1, -0.05) is 12.1 Å². The van der Waals surface area contributed by atoms with Crippen LogP contribution in [-0.2, 0) is 0 Å². The van der Waals surface area contributed by atoms with Crippen LogP contribution >= 0.6 is 0 Å². The van der Waals surface area contributed by atoms with Gasteiger partial charge in [-0.25, -0.2) is 9.78 Å². The van der Waals surface area contributed by atoms with Gasteiger partial charge in [-0.3, -0.25) is 4.79 Å².